The van der Waals surface area contributed by atoms with Crippen molar-refractivity contribution in [3.63, 3.8) is 0 Å². The number of unbranched alkanes of at least 4 members (excludes halogenated alkanes) is 51. The Hall–Kier alpha value is -2.44. The maximum Gasteiger partial charge on any atom is 0.305 e. The fourth-order valence-corrected chi connectivity index (χ4v) is 11.5. The van der Waals surface area contributed by atoms with Crippen LogP contribution in [0.15, 0.2) is 60.8 Å². The fraction of sp³-hybridized carbons (Fsp3) is 0.846. The summed E-state index contributed by atoms with van der Waals surface area (Å²) in [5, 5.41) is 23.1. The molecule has 6 nitrogen and oxygen atoms in total. The number of carbonyl (C=O) groups is 2. The van der Waals surface area contributed by atoms with Crippen molar-refractivity contribution in [1.29, 1.82) is 0 Å². The van der Waals surface area contributed by atoms with E-state index in [0.29, 0.717) is 19.4 Å². The SMILES string of the molecule is CCCCC/C=C\C/C=C\CCCCCCCC(=O)OCCCCCCCCCCCCCCCCC/C=C\C/C=C\CCCCCCCCCCCCCCCCCCCC(=O)NC(CO)C(O)/C=C/CCCCCCCCCCCCC. The smallest absolute Gasteiger partial charge is 0.305 e. The first-order valence-corrected chi connectivity index (χ1v) is 37.6. The number of rotatable bonds is 70. The number of amides is 1. The van der Waals surface area contributed by atoms with Gasteiger partial charge in [0.05, 0.1) is 25.4 Å². The Morgan fingerprint density at radius 1 is 0.333 bits per heavy atom. The highest BCUT2D eigenvalue weighted by Gasteiger charge is 2.18. The normalized spacial score (nSPS) is 12.9. The van der Waals surface area contributed by atoms with Crippen LogP contribution in [0.1, 0.15) is 399 Å². The second-order valence-electron chi connectivity index (χ2n) is 25.6. The molecule has 6 heteroatoms. The summed E-state index contributed by atoms with van der Waals surface area (Å²) in [6.07, 6.45) is 97.6. The van der Waals surface area contributed by atoms with Crippen LogP contribution in [0.5, 0.6) is 0 Å². The third-order valence-corrected chi connectivity index (χ3v) is 17.3. The Balaban J connectivity index is 3.36. The van der Waals surface area contributed by atoms with Crippen LogP contribution < -0.4 is 5.32 Å². The van der Waals surface area contributed by atoms with Crippen molar-refractivity contribution in [2.24, 2.45) is 0 Å². The Kier molecular flexibility index (Phi) is 70.9. The van der Waals surface area contributed by atoms with Gasteiger partial charge in [-0.25, -0.2) is 0 Å². The average Bonchev–Trinajstić information content (AvgIpc) is 3.54. The zero-order chi connectivity index (χ0) is 60.6. The topological polar surface area (TPSA) is 95.9 Å². The summed E-state index contributed by atoms with van der Waals surface area (Å²) < 4.78 is 5.49. The summed E-state index contributed by atoms with van der Waals surface area (Å²) in [6, 6.07) is -0.625. The van der Waals surface area contributed by atoms with Gasteiger partial charge in [-0.15, -0.1) is 0 Å². The van der Waals surface area contributed by atoms with Crippen LogP contribution in [0, 0.1) is 0 Å². The van der Waals surface area contributed by atoms with E-state index in [1.54, 1.807) is 6.08 Å². The monoisotopic (exact) mass is 1180 g/mol. The highest BCUT2D eigenvalue weighted by molar-refractivity contribution is 5.76. The molecular weight excluding hydrogens is 1030 g/mol. The van der Waals surface area contributed by atoms with E-state index in [0.717, 1.165) is 57.8 Å². The van der Waals surface area contributed by atoms with E-state index in [1.165, 1.54) is 315 Å². The Morgan fingerprint density at radius 3 is 0.929 bits per heavy atom. The summed E-state index contributed by atoms with van der Waals surface area (Å²) in [5.74, 6) is -0.0580. The van der Waals surface area contributed by atoms with Gasteiger partial charge in [0, 0.05) is 12.8 Å². The standard InChI is InChI=1S/C78H145NO5/c1-3-5-7-9-11-13-15-17-43-48-52-56-60-64-68-72-78(83)84-73-69-65-61-57-53-49-45-42-40-38-36-34-32-30-28-26-24-22-20-18-19-21-23-25-27-29-31-33-35-37-39-41-44-47-51-55-59-63-67-71-77(82)79-75(74-80)76(81)70-66-62-58-54-50-46-16-14-12-10-8-6-4-2/h11,13,17-19,22,24,43,66,70,75-76,80-81H,3-10,12,14-16,20-21,23,25-42,44-65,67-69,71-74H2,1-2H3,(H,79,82)/b13-11-,19-18-,24-22-,43-17-,70-66+. The molecule has 0 saturated carbocycles. The number of aliphatic hydroxyl groups is 2. The van der Waals surface area contributed by atoms with Gasteiger partial charge in [-0.05, 0) is 96.3 Å². The van der Waals surface area contributed by atoms with Crippen LogP contribution >= 0.6 is 0 Å². The van der Waals surface area contributed by atoms with Gasteiger partial charge >= 0.3 is 5.97 Å². The number of esters is 1. The number of ether oxygens (including phenoxy) is 1. The number of nitrogens with one attached hydrogen (secondary N) is 1. The molecule has 0 saturated heterocycles. The number of aliphatic hydroxyl groups excluding tert-OH is 2. The molecule has 1 amide bonds. The largest absolute Gasteiger partial charge is 0.466 e. The molecule has 3 N–H and O–H groups in total. The van der Waals surface area contributed by atoms with Gasteiger partial charge in [0.25, 0.3) is 0 Å². The molecule has 0 rings (SSSR count). The first-order valence-electron chi connectivity index (χ1n) is 37.6. The quantitative estimate of drug-likeness (QED) is 0.0320. The van der Waals surface area contributed by atoms with Crippen LogP contribution in [0.3, 0.4) is 0 Å². The van der Waals surface area contributed by atoms with E-state index in [4.69, 9.17) is 4.74 Å². The summed E-state index contributed by atoms with van der Waals surface area (Å²) in [5.41, 5.74) is 0. The van der Waals surface area contributed by atoms with Gasteiger partial charge in [0.15, 0.2) is 0 Å². The Morgan fingerprint density at radius 2 is 0.595 bits per heavy atom. The molecule has 0 spiro atoms. The number of hydrogen-bond acceptors (Lipinski definition) is 5. The second kappa shape index (κ2) is 73.0. The second-order valence-corrected chi connectivity index (χ2v) is 25.6. The van der Waals surface area contributed by atoms with E-state index in [1.807, 2.05) is 6.08 Å². The van der Waals surface area contributed by atoms with Gasteiger partial charge in [-0.2, -0.15) is 0 Å². The van der Waals surface area contributed by atoms with Crippen molar-refractivity contribution in [1.82, 2.24) is 5.32 Å². The van der Waals surface area contributed by atoms with Crippen LogP contribution in [0.2, 0.25) is 0 Å². The van der Waals surface area contributed by atoms with Crippen LogP contribution in [-0.4, -0.2) is 47.4 Å². The molecule has 492 valence electrons. The van der Waals surface area contributed by atoms with Gasteiger partial charge in [0.1, 0.15) is 0 Å². The molecule has 0 aromatic heterocycles. The lowest BCUT2D eigenvalue weighted by Crippen LogP contribution is -2.45. The molecule has 0 aromatic rings. The van der Waals surface area contributed by atoms with Crippen LogP contribution in [0.4, 0.5) is 0 Å². The number of hydrogen-bond donors (Lipinski definition) is 3. The Labute approximate surface area is 524 Å². The number of carbonyl (C=O) groups excluding carboxylic acids is 2. The molecule has 2 unspecified atom stereocenters. The maximum atomic E-state index is 12.5. The molecular formula is C78H145NO5. The fourth-order valence-electron chi connectivity index (χ4n) is 11.5. The van der Waals surface area contributed by atoms with Gasteiger partial charge in [-0.3, -0.25) is 9.59 Å². The maximum absolute atomic E-state index is 12.5. The van der Waals surface area contributed by atoms with E-state index in [9.17, 15) is 19.8 Å². The summed E-state index contributed by atoms with van der Waals surface area (Å²) in [4.78, 5) is 24.5. The predicted molar refractivity (Wildman–Crippen MR) is 370 cm³/mol. The third kappa shape index (κ3) is 68.7. The highest BCUT2D eigenvalue weighted by Crippen LogP contribution is 2.18. The van der Waals surface area contributed by atoms with Crippen molar-refractivity contribution in [2.75, 3.05) is 13.2 Å². The third-order valence-electron chi connectivity index (χ3n) is 17.3. The van der Waals surface area contributed by atoms with Gasteiger partial charge < -0.3 is 20.3 Å². The van der Waals surface area contributed by atoms with Crippen LogP contribution in [0.25, 0.3) is 0 Å². The summed E-state index contributed by atoms with van der Waals surface area (Å²) in [7, 11) is 0. The molecule has 0 aliphatic heterocycles. The first-order chi connectivity index (χ1) is 41.5. The molecule has 2 atom stereocenters. The zero-order valence-electron chi connectivity index (χ0n) is 56.4. The lowest BCUT2D eigenvalue weighted by atomic mass is 10.0. The van der Waals surface area contributed by atoms with E-state index < -0.39 is 12.1 Å². The minimum atomic E-state index is -0.842. The molecule has 0 aliphatic carbocycles. The predicted octanol–water partition coefficient (Wildman–Crippen LogP) is 24.6. The minimum Gasteiger partial charge on any atom is -0.466 e. The van der Waals surface area contributed by atoms with Gasteiger partial charge in [-0.1, -0.05) is 351 Å². The van der Waals surface area contributed by atoms with E-state index >= 15 is 0 Å². The highest BCUT2D eigenvalue weighted by atomic mass is 16.5. The molecule has 0 fully saturated rings. The molecule has 0 aromatic carbocycles. The lowest BCUT2D eigenvalue weighted by Gasteiger charge is -2.20. The molecule has 0 radical (unpaired) electrons. The number of allylic oxidation sites excluding steroid dienone is 9. The zero-order valence-corrected chi connectivity index (χ0v) is 56.4. The summed E-state index contributed by atoms with van der Waals surface area (Å²) in [6.45, 7) is 4.89. The minimum absolute atomic E-state index is 0.00599. The molecule has 0 aliphatic rings. The van der Waals surface area contributed by atoms with Crippen molar-refractivity contribution >= 4 is 11.9 Å². The average molecular weight is 1180 g/mol. The first kappa shape index (κ1) is 81.6. The molecule has 0 bridgehead atoms. The van der Waals surface area contributed by atoms with E-state index in [-0.39, 0.29) is 18.5 Å². The lowest BCUT2D eigenvalue weighted by molar-refractivity contribution is -0.143. The van der Waals surface area contributed by atoms with E-state index in [2.05, 4.69) is 67.8 Å². The van der Waals surface area contributed by atoms with Crippen molar-refractivity contribution in [3.05, 3.63) is 60.8 Å². The Bertz CT molecular complexity index is 1450. The van der Waals surface area contributed by atoms with Crippen LogP contribution in [-0.2, 0) is 14.3 Å². The van der Waals surface area contributed by atoms with Gasteiger partial charge in [0.2, 0.25) is 5.91 Å². The van der Waals surface area contributed by atoms with Crippen molar-refractivity contribution in [2.45, 2.75) is 411 Å². The molecule has 84 heavy (non-hydrogen) atoms. The molecule has 0 heterocycles. The van der Waals surface area contributed by atoms with Crippen molar-refractivity contribution < 1.29 is 24.5 Å². The van der Waals surface area contributed by atoms with Crippen molar-refractivity contribution in [3.8, 4) is 0 Å². The summed E-state index contributed by atoms with van der Waals surface area (Å²) >= 11 is 0.